The molecule has 3 N–H and O–H groups in total. The molecule has 0 bridgehead atoms. The Bertz CT molecular complexity index is 446. The van der Waals surface area contributed by atoms with Gasteiger partial charge in [0.1, 0.15) is 0 Å². The SMILES string of the molecule is Cc1ccc(NC(=O)CC(C)NCC(C)CO)c(C)c1. The molecule has 0 radical (unpaired) electrons. The normalized spacial score (nSPS) is 13.8. The van der Waals surface area contributed by atoms with E-state index in [2.05, 4.69) is 16.7 Å². The lowest BCUT2D eigenvalue weighted by Gasteiger charge is -2.16. The molecule has 0 aromatic heterocycles. The summed E-state index contributed by atoms with van der Waals surface area (Å²) in [5.41, 5.74) is 3.14. The van der Waals surface area contributed by atoms with Crippen molar-refractivity contribution in [3.63, 3.8) is 0 Å². The average molecular weight is 278 g/mol. The minimum Gasteiger partial charge on any atom is -0.396 e. The fourth-order valence-corrected chi connectivity index (χ4v) is 1.97. The molecular formula is C16H26N2O2. The second-order valence-corrected chi connectivity index (χ2v) is 5.67. The Hall–Kier alpha value is -1.39. The molecule has 0 aliphatic heterocycles. The Morgan fingerprint density at radius 1 is 1.30 bits per heavy atom. The van der Waals surface area contributed by atoms with Crippen LogP contribution in [0.1, 0.15) is 31.4 Å². The highest BCUT2D eigenvalue weighted by molar-refractivity contribution is 5.91. The maximum atomic E-state index is 12.0. The number of hydrogen-bond acceptors (Lipinski definition) is 3. The third-order valence-electron chi connectivity index (χ3n) is 3.27. The van der Waals surface area contributed by atoms with Crippen LogP contribution >= 0.6 is 0 Å². The molecular weight excluding hydrogens is 252 g/mol. The molecule has 0 fully saturated rings. The highest BCUT2D eigenvalue weighted by atomic mass is 16.3. The van der Waals surface area contributed by atoms with Crippen molar-refractivity contribution >= 4 is 11.6 Å². The fourth-order valence-electron chi connectivity index (χ4n) is 1.97. The predicted molar refractivity (Wildman–Crippen MR) is 82.9 cm³/mol. The Morgan fingerprint density at radius 2 is 2.00 bits per heavy atom. The third-order valence-corrected chi connectivity index (χ3v) is 3.27. The Kier molecular flexibility index (Phi) is 6.68. The summed E-state index contributed by atoms with van der Waals surface area (Å²) >= 11 is 0. The summed E-state index contributed by atoms with van der Waals surface area (Å²) in [4.78, 5) is 12.0. The number of rotatable bonds is 7. The molecule has 1 rings (SSSR count). The van der Waals surface area contributed by atoms with E-state index in [1.54, 1.807) is 0 Å². The molecule has 2 atom stereocenters. The number of nitrogens with one attached hydrogen (secondary N) is 2. The van der Waals surface area contributed by atoms with Crippen LogP contribution < -0.4 is 10.6 Å². The van der Waals surface area contributed by atoms with Gasteiger partial charge in [-0.05, 0) is 38.3 Å². The van der Waals surface area contributed by atoms with Crippen LogP contribution in [0.2, 0.25) is 0 Å². The van der Waals surface area contributed by atoms with Crippen molar-refractivity contribution in [1.82, 2.24) is 5.32 Å². The van der Waals surface area contributed by atoms with Crippen molar-refractivity contribution in [2.45, 2.75) is 40.2 Å². The number of amides is 1. The summed E-state index contributed by atoms with van der Waals surface area (Å²) < 4.78 is 0. The van der Waals surface area contributed by atoms with Crippen molar-refractivity contribution in [3.8, 4) is 0 Å². The summed E-state index contributed by atoms with van der Waals surface area (Å²) in [5, 5.41) is 15.2. The van der Waals surface area contributed by atoms with Gasteiger partial charge in [-0.1, -0.05) is 24.6 Å². The number of benzene rings is 1. The van der Waals surface area contributed by atoms with Gasteiger partial charge < -0.3 is 15.7 Å². The van der Waals surface area contributed by atoms with Gasteiger partial charge in [0, 0.05) is 31.3 Å². The Balaban J connectivity index is 2.43. The molecule has 0 heterocycles. The van der Waals surface area contributed by atoms with Gasteiger partial charge in [-0.3, -0.25) is 4.79 Å². The van der Waals surface area contributed by atoms with E-state index in [1.165, 1.54) is 5.56 Å². The van der Waals surface area contributed by atoms with Crippen molar-refractivity contribution in [3.05, 3.63) is 29.3 Å². The predicted octanol–water partition coefficient (Wildman–Crippen LogP) is 2.24. The van der Waals surface area contributed by atoms with Crippen LogP contribution in [0.15, 0.2) is 18.2 Å². The van der Waals surface area contributed by atoms with Crippen LogP contribution in [-0.4, -0.2) is 30.2 Å². The molecule has 112 valence electrons. The van der Waals surface area contributed by atoms with Crippen LogP contribution in [0.5, 0.6) is 0 Å². The first-order valence-corrected chi connectivity index (χ1v) is 7.13. The van der Waals surface area contributed by atoms with Crippen LogP contribution in [0.4, 0.5) is 5.69 Å². The van der Waals surface area contributed by atoms with E-state index in [-0.39, 0.29) is 24.5 Å². The first-order valence-electron chi connectivity index (χ1n) is 7.13. The summed E-state index contributed by atoms with van der Waals surface area (Å²) in [6.07, 6.45) is 0.422. The topological polar surface area (TPSA) is 61.4 Å². The van der Waals surface area contributed by atoms with Gasteiger partial charge in [0.05, 0.1) is 0 Å². The standard InChI is InChI=1S/C16H26N2O2/c1-11-5-6-15(13(3)7-11)18-16(20)8-14(4)17-9-12(2)10-19/h5-7,12,14,17,19H,8-10H2,1-4H3,(H,18,20). The molecule has 4 heteroatoms. The first-order chi connectivity index (χ1) is 9.42. The lowest BCUT2D eigenvalue weighted by Crippen LogP contribution is -2.34. The van der Waals surface area contributed by atoms with Gasteiger partial charge >= 0.3 is 0 Å². The van der Waals surface area contributed by atoms with E-state index >= 15 is 0 Å². The van der Waals surface area contributed by atoms with E-state index in [9.17, 15) is 4.79 Å². The third kappa shape index (κ3) is 5.72. The lowest BCUT2D eigenvalue weighted by atomic mass is 10.1. The molecule has 0 aliphatic rings. The first kappa shape index (κ1) is 16.7. The quantitative estimate of drug-likeness (QED) is 0.717. The molecule has 4 nitrogen and oxygen atoms in total. The highest BCUT2D eigenvalue weighted by Gasteiger charge is 2.11. The zero-order valence-electron chi connectivity index (χ0n) is 12.9. The number of hydrogen-bond donors (Lipinski definition) is 3. The monoisotopic (exact) mass is 278 g/mol. The Labute approximate surface area is 121 Å². The van der Waals surface area contributed by atoms with Gasteiger partial charge in [-0.15, -0.1) is 0 Å². The molecule has 0 saturated carbocycles. The number of carbonyl (C=O) groups excluding carboxylic acids is 1. The second-order valence-electron chi connectivity index (χ2n) is 5.67. The largest absolute Gasteiger partial charge is 0.396 e. The molecule has 2 unspecified atom stereocenters. The minimum atomic E-state index is 0.00797. The van der Waals surface area contributed by atoms with Crippen LogP contribution in [0.25, 0.3) is 0 Å². The van der Waals surface area contributed by atoms with Gasteiger partial charge in [0.2, 0.25) is 5.91 Å². The molecule has 1 amide bonds. The minimum absolute atomic E-state index is 0.00797. The number of anilines is 1. The molecule has 0 spiro atoms. The fraction of sp³-hybridized carbons (Fsp3) is 0.562. The van der Waals surface area contributed by atoms with E-state index in [0.717, 1.165) is 11.3 Å². The van der Waals surface area contributed by atoms with Crippen molar-refractivity contribution in [2.24, 2.45) is 5.92 Å². The number of aliphatic hydroxyl groups excluding tert-OH is 1. The average Bonchev–Trinajstić information content (AvgIpc) is 2.39. The van der Waals surface area contributed by atoms with E-state index in [4.69, 9.17) is 5.11 Å². The molecule has 0 aliphatic carbocycles. The van der Waals surface area contributed by atoms with Gasteiger partial charge in [0.25, 0.3) is 0 Å². The zero-order valence-corrected chi connectivity index (χ0v) is 12.9. The van der Waals surface area contributed by atoms with Crippen molar-refractivity contribution < 1.29 is 9.90 Å². The zero-order chi connectivity index (χ0) is 15.1. The summed E-state index contributed by atoms with van der Waals surface area (Å²) in [5.74, 6) is 0.216. The number of carbonyl (C=O) groups is 1. The van der Waals surface area contributed by atoms with Gasteiger partial charge in [-0.2, -0.15) is 0 Å². The summed E-state index contributed by atoms with van der Waals surface area (Å²) in [6, 6.07) is 6.08. The van der Waals surface area contributed by atoms with Crippen LogP contribution in [-0.2, 0) is 4.79 Å². The van der Waals surface area contributed by atoms with E-state index in [0.29, 0.717) is 13.0 Å². The molecule has 0 saturated heterocycles. The molecule has 1 aromatic carbocycles. The van der Waals surface area contributed by atoms with Crippen molar-refractivity contribution in [1.29, 1.82) is 0 Å². The van der Waals surface area contributed by atoms with Gasteiger partial charge in [0.15, 0.2) is 0 Å². The van der Waals surface area contributed by atoms with Crippen molar-refractivity contribution in [2.75, 3.05) is 18.5 Å². The van der Waals surface area contributed by atoms with Crippen LogP contribution in [0, 0.1) is 19.8 Å². The maximum Gasteiger partial charge on any atom is 0.225 e. The Morgan fingerprint density at radius 3 is 2.60 bits per heavy atom. The van der Waals surface area contributed by atoms with E-state index in [1.807, 2.05) is 39.8 Å². The number of aryl methyl sites for hydroxylation is 2. The second kappa shape index (κ2) is 8.02. The summed E-state index contributed by atoms with van der Waals surface area (Å²) in [7, 11) is 0. The van der Waals surface area contributed by atoms with Crippen LogP contribution in [0.3, 0.4) is 0 Å². The number of aliphatic hydroxyl groups is 1. The van der Waals surface area contributed by atoms with E-state index < -0.39 is 0 Å². The molecule has 20 heavy (non-hydrogen) atoms. The smallest absolute Gasteiger partial charge is 0.225 e. The summed E-state index contributed by atoms with van der Waals surface area (Å²) in [6.45, 7) is 8.85. The lowest BCUT2D eigenvalue weighted by molar-refractivity contribution is -0.116. The maximum absolute atomic E-state index is 12.0. The van der Waals surface area contributed by atoms with Gasteiger partial charge in [-0.25, -0.2) is 0 Å². The molecule has 1 aromatic rings. The highest BCUT2D eigenvalue weighted by Crippen LogP contribution is 2.16.